The van der Waals surface area contributed by atoms with Crippen LogP contribution in [0.3, 0.4) is 0 Å². The van der Waals surface area contributed by atoms with Gasteiger partial charge in [-0.2, -0.15) is 0 Å². The van der Waals surface area contributed by atoms with Gasteiger partial charge in [0.05, 0.1) is 6.54 Å². The molecule has 0 aliphatic heterocycles. The summed E-state index contributed by atoms with van der Waals surface area (Å²) in [7, 11) is 0. The molecule has 0 aromatic carbocycles. The second kappa shape index (κ2) is 5.25. The highest BCUT2D eigenvalue weighted by Gasteiger charge is 2.14. The van der Waals surface area contributed by atoms with Crippen LogP contribution < -0.4 is 5.32 Å². The van der Waals surface area contributed by atoms with Gasteiger partial charge < -0.3 is 5.32 Å². The monoisotopic (exact) mass is 247 g/mol. The number of rotatable bonds is 3. The average Bonchev–Trinajstić information content (AvgIpc) is 2.75. The van der Waals surface area contributed by atoms with Gasteiger partial charge in [-0.05, 0) is 51.7 Å². The van der Waals surface area contributed by atoms with Crippen LogP contribution in [-0.2, 0) is 19.4 Å². The lowest BCUT2D eigenvalue weighted by Gasteiger charge is -2.06. The third-order valence-electron chi connectivity index (χ3n) is 2.77. The lowest BCUT2D eigenvalue weighted by Crippen LogP contribution is -2.13. The first-order valence-electron chi connectivity index (χ1n) is 6.36. The normalized spacial score (nSPS) is 14.3. The second-order valence-electron chi connectivity index (χ2n) is 5.67. The van der Waals surface area contributed by atoms with Crippen LogP contribution in [0.2, 0.25) is 0 Å². The molecule has 0 saturated carbocycles. The van der Waals surface area contributed by atoms with Crippen molar-refractivity contribution in [2.24, 2.45) is 5.41 Å². The Labute approximate surface area is 109 Å². The molecule has 0 amide bonds. The molecule has 0 unspecified atom stereocenters. The maximum Gasteiger partial charge on any atom is 0.0579 e. The van der Waals surface area contributed by atoms with E-state index in [1.807, 2.05) is 11.3 Å². The summed E-state index contributed by atoms with van der Waals surface area (Å²) >= 11 is 1.97. The molecule has 0 spiro atoms. The third-order valence-corrected chi connectivity index (χ3v) is 4.01. The van der Waals surface area contributed by atoms with Gasteiger partial charge >= 0.3 is 0 Å². The van der Waals surface area contributed by atoms with Crippen molar-refractivity contribution in [3.63, 3.8) is 0 Å². The average molecular weight is 247 g/mol. The van der Waals surface area contributed by atoms with Crippen molar-refractivity contribution >= 4 is 11.3 Å². The minimum absolute atomic E-state index is 0.117. The van der Waals surface area contributed by atoms with Crippen LogP contribution in [0.25, 0.3) is 0 Å². The van der Waals surface area contributed by atoms with Crippen LogP contribution in [0.15, 0.2) is 6.07 Å². The number of hydrogen-bond acceptors (Lipinski definition) is 2. The van der Waals surface area contributed by atoms with Crippen molar-refractivity contribution < 1.29 is 0 Å². The molecule has 1 aliphatic carbocycles. The van der Waals surface area contributed by atoms with E-state index in [2.05, 4.69) is 44.0 Å². The standard InChI is InChI=1S/C15H21NS/c1-15(2,3)8-5-9-16-11-13-10-12-6-4-7-14(12)17-13/h10,16H,4,6-7,9,11H2,1-3H3. The Hall–Kier alpha value is -0.780. The van der Waals surface area contributed by atoms with Crippen LogP contribution in [0.5, 0.6) is 0 Å². The SMILES string of the molecule is CC(C)(C)C#CCNCc1cc2c(s1)CCC2. The van der Waals surface area contributed by atoms with Gasteiger partial charge in [0.25, 0.3) is 0 Å². The van der Waals surface area contributed by atoms with Crippen molar-refractivity contribution in [3.05, 3.63) is 21.4 Å². The number of thiophene rings is 1. The molecule has 0 bridgehead atoms. The summed E-state index contributed by atoms with van der Waals surface area (Å²) in [5.74, 6) is 6.43. The minimum atomic E-state index is 0.117. The van der Waals surface area contributed by atoms with Gasteiger partial charge in [-0.1, -0.05) is 11.8 Å². The maximum atomic E-state index is 3.40. The Bertz CT molecular complexity index is 418. The van der Waals surface area contributed by atoms with E-state index in [1.54, 1.807) is 10.4 Å². The van der Waals surface area contributed by atoms with Gasteiger partial charge in [-0.25, -0.2) is 0 Å². The molecule has 1 nitrogen and oxygen atoms in total. The summed E-state index contributed by atoms with van der Waals surface area (Å²) in [5, 5.41) is 3.40. The van der Waals surface area contributed by atoms with Gasteiger partial charge in [0.2, 0.25) is 0 Å². The Balaban J connectivity index is 1.76. The summed E-state index contributed by atoms with van der Waals surface area (Å²) in [4.78, 5) is 3.08. The third kappa shape index (κ3) is 3.87. The summed E-state index contributed by atoms with van der Waals surface area (Å²) in [6, 6.07) is 2.37. The van der Waals surface area contributed by atoms with Crippen LogP contribution in [-0.4, -0.2) is 6.54 Å². The van der Waals surface area contributed by atoms with Gasteiger partial charge in [0, 0.05) is 21.7 Å². The Kier molecular flexibility index (Phi) is 3.91. The summed E-state index contributed by atoms with van der Waals surface area (Å²) in [5.41, 5.74) is 1.71. The van der Waals surface area contributed by atoms with E-state index in [0.717, 1.165) is 13.1 Å². The number of aryl methyl sites for hydroxylation is 2. The Morgan fingerprint density at radius 3 is 2.88 bits per heavy atom. The zero-order chi connectivity index (χ0) is 12.3. The van der Waals surface area contributed by atoms with Crippen molar-refractivity contribution in [3.8, 4) is 11.8 Å². The van der Waals surface area contributed by atoms with Gasteiger partial charge in [-0.3, -0.25) is 0 Å². The molecule has 1 aliphatic rings. The molecule has 0 radical (unpaired) electrons. The summed E-state index contributed by atoms with van der Waals surface area (Å²) in [6.07, 6.45) is 3.94. The van der Waals surface area contributed by atoms with E-state index >= 15 is 0 Å². The minimum Gasteiger partial charge on any atom is -0.301 e. The predicted octanol–water partition coefficient (Wildman–Crippen LogP) is 3.38. The largest absolute Gasteiger partial charge is 0.301 e. The first-order valence-corrected chi connectivity index (χ1v) is 7.17. The highest BCUT2D eigenvalue weighted by atomic mass is 32.1. The molecule has 1 N–H and O–H groups in total. The second-order valence-corrected chi connectivity index (χ2v) is 6.89. The maximum absolute atomic E-state index is 3.40. The summed E-state index contributed by atoms with van der Waals surface area (Å²) < 4.78 is 0. The fourth-order valence-electron chi connectivity index (χ4n) is 2.04. The first-order chi connectivity index (χ1) is 8.04. The summed E-state index contributed by atoms with van der Waals surface area (Å²) in [6.45, 7) is 8.19. The number of nitrogens with one attached hydrogen (secondary N) is 1. The molecule has 1 aromatic heterocycles. The fourth-order valence-corrected chi connectivity index (χ4v) is 3.27. The smallest absolute Gasteiger partial charge is 0.0579 e. The predicted molar refractivity (Wildman–Crippen MR) is 75.3 cm³/mol. The van der Waals surface area contributed by atoms with Crippen LogP contribution in [0.4, 0.5) is 0 Å². The van der Waals surface area contributed by atoms with E-state index < -0.39 is 0 Å². The van der Waals surface area contributed by atoms with E-state index in [1.165, 1.54) is 24.1 Å². The number of hydrogen-bond donors (Lipinski definition) is 1. The molecule has 1 aromatic rings. The molecular weight excluding hydrogens is 226 g/mol. The fraction of sp³-hybridized carbons (Fsp3) is 0.600. The van der Waals surface area contributed by atoms with Crippen molar-refractivity contribution in [2.75, 3.05) is 6.54 Å². The quantitative estimate of drug-likeness (QED) is 0.638. The molecule has 92 valence electrons. The van der Waals surface area contributed by atoms with Crippen molar-refractivity contribution in [1.29, 1.82) is 0 Å². The molecule has 2 rings (SSSR count). The van der Waals surface area contributed by atoms with E-state index in [4.69, 9.17) is 0 Å². The molecule has 2 heteroatoms. The van der Waals surface area contributed by atoms with Gasteiger partial charge in [-0.15, -0.1) is 11.3 Å². The molecule has 17 heavy (non-hydrogen) atoms. The lowest BCUT2D eigenvalue weighted by molar-refractivity contribution is 0.570. The van der Waals surface area contributed by atoms with Crippen LogP contribution >= 0.6 is 11.3 Å². The molecule has 0 fully saturated rings. The van der Waals surface area contributed by atoms with E-state index in [0.29, 0.717) is 0 Å². The highest BCUT2D eigenvalue weighted by molar-refractivity contribution is 7.12. The molecule has 0 saturated heterocycles. The van der Waals surface area contributed by atoms with Gasteiger partial charge in [0.1, 0.15) is 0 Å². The van der Waals surface area contributed by atoms with Gasteiger partial charge in [0.15, 0.2) is 0 Å². The highest BCUT2D eigenvalue weighted by Crippen LogP contribution is 2.30. The Morgan fingerprint density at radius 2 is 2.18 bits per heavy atom. The number of fused-ring (bicyclic) bond motifs is 1. The van der Waals surface area contributed by atoms with Crippen molar-refractivity contribution in [2.45, 2.75) is 46.6 Å². The van der Waals surface area contributed by atoms with E-state index in [9.17, 15) is 0 Å². The zero-order valence-electron chi connectivity index (χ0n) is 11.0. The van der Waals surface area contributed by atoms with Crippen molar-refractivity contribution in [1.82, 2.24) is 5.32 Å². The zero-order valence-corrected chi connectivity index (χ0v) is 11.8. The van der Waals surface area contributed by atoms with Crippen LogP contribution in [0.1, 0.15) is 42.5 Å². The Morgan fingerprint density at radius 1 is 1.35 bits per heavy atom. The van der Waals surface area contributed by atoms with Crippen LogP contribution in [0, 0.1) is 17.3 Å². The molecular formula is C15H21NS. The van der Waals surface area contributed by atoms with E-state index in [-0.39, 0.29) is 5.41 Å². The molecule has 1 heterocycles. The topological polar surface area (TPSA) is 12.0 Å². The lowest BCUT2D eigenvalue weighted by atomic mass is 9.98. The molecule has 0 atom stereocenters. The first kappa shape index (κ1) is 12.7.